The standard InChI is InChI=1S/C10H18O4.C8H12O4.C6H10O4.4C4H6O4/c11-9(12)7-5-3-1-2-4-6-8-10(13)14;9-7(10)5-3-1-2-4-6(5)8(11)12;7-5(8)3-1-2-4-6(9)10;4*5-3(6)1-2-4(7)8/h1-8H2,(H,11,12)(H,13,14);5-6H,1-4H2,(H,9,10)(H,11,12);1-4H2,(H,7,8)(H,9,10);4*1-2H2,(H,5,6)(H,7,8). The Morgan fingerprint density at radius 1 is 0.221 bits per heavy atom. The molecule has 392 valence electrons. The molecular formula is C40H64O28. The number of carboxylic acid groups (broad SMARTS) is 14. The summed E-state index contributed by atoms with van der Waals surface area (Å²) < 4.78 is 0. The maximum absolute atomic E-state index is 10.6. The Balaban J connectivity index is -0.000000167. The molecule has 0 aromatic heterocycles. The first-order valence-corrected chi connectivity index (χ1v) is 20.5. The van der Waals surface area contributed by atoms with Gasteiger partial charge in [-0.25, -0.2) is 0 Å². The van der Waals surface area contributed by atoms with Crippen molar-refractivity contribution in [2.75, 3.05) is 0 Å². The molecule has 1 aliphatic carbocycles. The molecule has 68 heavy (non-hydrogen) atoms. The molecule has 0 aromatic carbocycles. The Bertz CT molecular complexity index is 1340. The van der Waals surface area contributed by atoms with Crippen LogP contribution in [0.25, 0.3) is 0 Å². The van der Waals surface area contributed by atoms with Crippen LogP contribution in [0.5, 0.6) is 0 Å². The summed E-state index contributed by atoms with van der Waals surface area (Å²) in [7, 11) is 0. The lowest BCUT2D eigenvalue weighted by Gasteiger charge is -2.24. The van der Waals surface area contributed by atoms with Gasteiger partial charge in [0, 0.05) is 25.7 Å². The zero-order valence-electron chi connectivity index (χ0n) is 37.1. The third kappa shape index (κ3) is 79.0. The molecule has 28 nitrogen and oxygen atoms in total. The second-order valence-electron chi connectivity index (χ2n) is 13.7. The summed E-state index contributed by atoms with van der Waals surface area (Å²) in [6.45, 7) is 0. The van der Waals surface area contributed by atoms with Gasteiger partial charge in [-0.3, -0.25) is 67.1 Å². The van der Waals surface area contributed by atoms with Crippen LogP contribution >= 0.6 is 0 Å². The lowest BCUT2D eigenvalue weighted by Crippen LogP contribution is -2.32. The van der Waals surface area contributed by atoms with Crippen molar-refractivity contribution in [2.24, 2.45) is 11.8 Å². The highest BCUT2D eigenvalue weighted by Crippen LogP contribution is 2.30. The second-order valence-corrected chi connectivity index (χ2v) is 13.7. The summed E-state index contributed by atoms with van der Waals surface area (Å²) in [6, 6.07) is 0. The Kier molecular flexibility index (Phi) is 52.0. The molecule has 1 rings (SSSR count). The van der Waals surface area contributed by atoms with Gasteiger partial charge in [0.2, 0.25) is 0 Å². The average Bonchev–Trinajstić information content (AvgIpc) is 3.21. The molecule has 0 spiro atoms. The molecule has 1 aliphatic rings. The van der Waals surface area contributed by atoms with Crippen molar-refractivity contribution in [3.05, 3.63) is 0 Å². The molecule has 0 aromatic rings. The van der Waals surface area contributed by atoms with Crippen LogP contribution in [0.15, 0.2) is 0 Å². The maximum atomic E-state index is 10.6. The van der Waals surface area contributed by atoms with E-state index in [2.05, 4.69) is 0 Å². The predicted octanol–water partition coefficient (Wildman–Crippen LogP) is 3.70. The van der Waals surface area contributed by atoms with Crippen LogP contribution in [0.3, 0.4) is 0 Å². The van der Waals surface area contributed by atoms with Crippen molar-refractivity contribution in [1.29, 1.82) is 0 Å². The summed E-state index contributed by atoms with van der Waals surface area (Å²) >= 11 is 0. The van der Waals surface area contributed by atoms with Gasteiger partial charge in [0.05, 0.1) is 63.2 Å². The minimum absolute atomic E-state index is 0.0628. The number of unbranched alkanes of at least 4 members (excludes halogenated alkanes) is 6. The van der Waals surface area contributed by atoms with Gasteiger partial charge < -0.3 is 71.5 Å². The summed E-state index contributed by atoms with van der Waals surface area (Å²) in [5, 5.41) is 114. The molecule has 0 radical (unpaired) electrons. The van der Waals surface area contributed by atoms with Crippen LogP contribution in [0.2, 0.25) is 0 Å². The molecule has 2 unspecified atom stereocenters. The molecule has 0 aliphatic heterocycles. The van der Waals surface area contributed by atoms with E-state index in [-0.39, 0.29) is 77.0 Å². The summed E-state index contributed by atoms with van der Waals surface area (Å²) in [4.78, 5) is 138. The second kappa shape index (κ2) is 49.0. The fourth-order valence-electron chi connectivity index (χ4n) is 4.39. The third-order valence-corrected chi connectivity index (χ3v) is 7.67. The fourth-order valence-corrected chi connectivity index (χ4v) is 4.39. The topological polar surface area (TPSA) is 522 Å². The molecular weight excluding hydrogens is 928 g/mol. The van der Waals surface area contributed by atoms with Crippen LogP contribution in [0, 0.1) is 11.8 Å². The van der Waals surface area contributed by atoms with E-state index in [1.54, 1.807) is 0 Å². The van der Waals surface area contributed by atoms with Gasteiger partial charge >= 0.3 is 83.6 Å². The molecule has 14 N–H and O–H groups in total. The van der Waals surface area contributed by atoms with E-state index in [1.807, 2.05) is 0 Å². The third-order valence-electron chi connectivity index (χ3n) is 7.67. The van der Waals surface area contributed by atoms with Gasteiger partial charge in [0.15, 0.2) is 0 Å². The van der Waals surface area contributed by atoms with E-state index in [9.17, 15) is 67.1 Å². The number of carboxylic acids is 14. The Hall–Kier alpha value is -7.42. The monoisotopic (exact) mass is 992 g/mol. The fraction of sp³-hybridized carbons (Fsp3) is 0.650. The number of carbonyl (C=O) groups is 14. The molecule has 1 saturated carbocycles. The Morgan fingerprint density at radius 2 is 0.353 bits per heavy atom. The first kappa shape index (κ1) is 72.2. The van der Waals surface area contributed by atoms with Crippen molar-refractivity contribution >= 4 is 83.6 Å². The summed E-state index contributed by atoms with van der Waals surface area (Å²) in [6.07, 6.45) is 7.15. The average molecular weight is 993 g/mol. The van der Waals surface area contributed by atoms with Gasteiger partial charge in [-0.15, -0.1) is 0 Å². The smallest absolute Gasteiger partial charge is 0.307 e. The van der Waals surface area contributed by atoms with Gasteiger partial charge in [-0.2, -0.15) is 0 Å². The van der Waals surface area contributed by atoms with E-state index in [0.717, 1.165) is 51.4 Å². The molecule has 0 heterocycles. The molecule has 0 bridgehead atoms. The van der Waals surface area contributed by atoms with Crippen LogP contribution in [-0.2, 0) is 67.1 Å². The largest absolute Gasteiger partial charge is 0.481 e. The highest BCUT2D eigenvalue weighted by molar-refractivity contribution is 5.80. The van der Waals surface area contributed by atoms with E-state index in [1.165, 1.54) is 0 Å². The molecule has 28 heteroatoms. The van der Waals surface area contributed by atoms with Gasteiger partial charge in [-0.1, -0.05) is 38.5 Å². The van der Waals surface area contributed by atoms with E-state index in [4.69, 9.17) is 71.5 Å². The van der Waals surface area contributed by atoms with Crippen molar-refractivity contribution < 1.29 is 139 Å². The van der Waals surface area contributed by atoms with E-state index in [0.29, 0.717) is 25.7 Å². The molecule has 1 fully saturated rings. The van der Waals surface area contributed by atoms with Crippen LogP contribution in [0.1, 0.15) is 154 Å². The normalized spacial score (nSPS) is 12.6. The number of hydrogen-bond donors (Lipinski definition) is 14. The van der Waals surface area contributed by atoms with Crippen LogP contribution in [-0.4, -0.2) is 155 Å². The van der Waals surface area contributed by atoms with Crippen molar-refractivity contribution in [3.8, 4) is 0 Å². The first-order valence-electron chi connectivity index (χ1n) is 20.5. The zero-order chi connectivity index (χ0) is 54.2. The highest BCUT2D eigenvalue weighted by atomic mass is 16.4. The maximum Gasteiger partial charge on any atom is 0.307 e. The van der Waals surface area contributed by atoms with E-state index < -0.39 is 95.4 Å². The van der Waals surface area contributed by atoms with Gasteiger partial charge in [0.25, 0.3) is 0 Å². The minimum atomic E-state index is -1.08. The SMILES string of the molecule is O=C(O)C1CCCCC1C(=O)O.O=C(O)CCC(=O)O.O=C(O)CCC(=O)O.O=C(O)CCC(=O)O.O=C(O)CCC(=O)O.O=C(O)CCCCC(=O)O.O=C(O)CCCCCCCCC(=O)O. The lowest BCUT2D eigenvalue weighted by atomic mass is 9.79. The van der Waals surface area contributed by atoms with Crippen molar-refractivity contribution in [2.45, 2.75) is 154 Å². The van der Waals surface area contributed by atoms with Crippen LogP contribution < -0.4 is 0 Å². The van der Waals surface area contributed by atoms with Crippen molar-refractivity contribution in [3.63, 3.8) is 0 Å². The van der Waals surface area contributed by atoms with Crippen molar-refractivity contribution in [1.82, 2.24) is 0 Å². The number of aliphatic carboxylic acids is 14. The summed E-state index contributed by atoms with van der Waals surface area (Å²) in [5.74, 6) is -15.1. The zero-order valence-corrected chi connectivity index (χ0v) is 37.1. The van der Waals surface area contributed by atoms with Gasteiger partial charge in [0.1, 0.15) is 0 Å². The molecule has 0 amide bonds. The molecule has 0 saturated heterocycles. The Labute approximate surface area is 387 Å². The van der Waals surface area contributed by atoms with Crippen LogP contribution in [0.4, 0.5) is 0 Å². The highest BCUT2D eigenvalue weighted by Gasteiger charge is 2.35. The first-order chi connectivity index (χ1) is 31.4. The number of rotatable bonds is 28. The predicted molar refractivity (Wildman–Crippen MR) is 225 cm³/mol. The lowest BCUT2D eigenvalue weighted by molar-refractivity contribution is -0.155. The Morgan fingerprint density at radius 3 is 0.485 bits per heavy atom. The van der Waals surface area contributed by atoms with E-state index >= 15 is 0 Å². The summed E-state index contributed by atoms with van der Waals surface area (Å²) in [5.41, 5.74) is 0. The quantitative estimate of drug-likeness (QED) is 0.0497. The van der Waals surface area contributed by atoms with Gasteiger partial charge in [-0.05, 0) is 38.5 Å². The minimum Gasteiger partial charge on any atom is -0.481 e. The number of hydrogen-bond acceptors (Lipinski definition) is 14. The molecule has 2 atom stereocenters.